The van der Waals surface area contributed by atoms with Gasteiger partial charge >= 0.3 is 0 Å². The van der Waals surface area contributed by atoms with E-state index in [0.29, 0.717) is 25.8 Å². The number of anilines is 1. The van der Waals surface area contributed by atoms with Crippen LogP contribution in [0, 0.1) is 5.82 Å². The van der Waals surface area contributed by atoms with Gasteiger partial charge in [0, 0.05) is 38.8 Å². The number of aromatic nitrogens is 1. The van der Waals surface area contributed by atoms with Crippen LogP contribution in [0.3, 0.4) is 0 Å². The van der Waals surface area contributed by atoms with Gasteiger partial charge in [0.2, 0.25) is 10.0 Å². The summed E-state index contributed by atoms with van der Waals surface area (Å²) < 4.78 is 40.6. The van der Waals surface area contributed by atoms with Crippen molar-refractivity contribution in [3.05, 3.63) is 78.2 Å². The van der Waals surface area contributed by atoms with Crippen LogP contribution in [0.4, 0.5) is 10.2 Å². The van der Waals surface area contributed by atoms with Crippen molar-refractivity contribution in [2.24, 2.45) is 0 Å². The van der Waals surface area contributed by atoms with Crippen LogP contribution in [0.25, 0.3) is 11.1 Å². The van der Waals surface area contributed by atoms with Crippen molar-refractivity contribution in [3.8, 4) is 11.1 Å². The van der Waals surface area contributed by atoms with Gasteiger partial charge in [-0.25, -0.2) is 17.8 Å². The number of carbonyl (C=O) groups is 1. The number of benzene rings is 2. The van der Waals surface area contributed by atoms with E-state index in [4.69, 9.17) is 0 Å². The second-order valence-electron chi connectivity index (χ2n) is 8.69. The number of halogens is 1. The summed E-state index contributed by atoms with van der Waals surface area (Å²) in [6.45, 7) is 0.293. The zero-order chi connectivity index (χ0) is 24.3. The Hall–Kier alpha value is -3.10. The van der Waals surface area contributed by atoms with Crippen molar-refractivity contribution in [3.63, 3.8) is 0 Å². The number of hydrogen-bond donors (Lipinski definition) is 0. The van der Waals surface area contributed by atoms with Crippen LogP contribution in [0.2, 0.25) is 0 Å². The molecule has 0 radical (unpaired) electrons. The smallest absolute Gasteiger partial charge is 0.243 e. The molecule has 0 unspecified atom stereocenters. The third kappa shape index (κ3) is 5.18. The summed E-state index contributed by atoms with van der Waals surface area (Å²) in [6, 6.07) is 16.0. The highest BCUT2D eigenvalue weighted by Gasteiger charge is 2.38. The van der Waals surface area contributed by atoms with Crippen molar-refractivity contribution in [2.75, 3.05) is 25.5 Å². The maximum Gasteiger partial charge on any atom is 0.243 e. The summed E-state index contributed by atoms with van der Waals surface area (Å²) in [4.78, 5) is 19.4. The highest BCUT2D eigenvalue weighted by atomic mass is 32.2. The number of pyridine rings is 1. The molecule has 4 rings (SSSR count). The molecule has 0 aliphatic carbocycles. The quantitative estimate of drug-likeness (QED) is 0.480. The minimum atomic E-state index is -3.85. The van der Waals surface area contributed by atoms with Gasteiger partial charge in [0.05, 0.1) is 10.9 Å². The Morgan fingerprint density at radius 2 is 1.85 bits per heavy atom. The normalized spacial score (nSPS) is 16.5. The summed E-state index contributed by atoms with van der Waals surface area (Å²) in [5, 5.41) is 0. The molecule has 1 atom stereocenters. The number of carbonyl (C=O) groups excluding carboxylic acids is 1. The van der Waals surface area contributed by atoms with Gasteiger partial charge in [0.15, 0.2) is 5.78 Å². The molecule has 34 heavy (non-hydrogen) atoms. The van der Waals surface area contributed by atoms with Crippen molar-refractivity contribution in [1.82, 2.24) is 9.29 Å². The summed E-state index contributed by atoms with van der Waals surface area (Å²) in [6.07, 6.45) is 3.74. The van der Waals surface area contributed by atoms with Crippen LogP contribution in [0.5, 0.6) is 0 Å². The molecule has 2 aromatic carbocycles. The van der Waals surface area contributed by atoms with E-state index in [0.717, 1.165) is 34.6 Å². The maximum absolute atomic E-state index is 13.2. The Bertz CT molecular complexity index is 1260. The van der Waals surface area contributed by atoms with Crippen LogP contribution < -0.4 is 4.90 Å². The van der Waals surface area contributed by atoms with E-state index in [-0.39, 0.29) is 17.1 Å². The Kier molecular flexibility index (Phi) is 7.09. The van der Waals surface area contributed by atoms with E-state index in [1.165, 1.54) is 16.4 Å². The van der Waals surface area contributed by atoms with Crippen molar-refractivity contribution >= 4 is 21.6 Å². The predicted molar refractivity (Wildman–Crippen MR) is 131 cm³/mol. The van der Waals surface area contributed by atoms with Crippen LogP contribution in [0.15, 0.2) is 71.8 Å². The highest BCUT2D eigenvalue weighted by molar-refractivity contribution is 7.89. The van der Waals surface area contributed by atoms with Gasteiger partial charge in [0.1, 0.15) is 11.6 Å². The van der Waals surface area contributed by atoms with Crippen LogP contribution in [-0.4, -0.2) is 50.2 Å². The molecule has 1 saturated heterocycles. The summed E-state index contributed by atoms with van der Waals surface area (Å²) >= 11 is 0. The molecule has 0 saturated carbocycles. The highest BCUT2D eigenvalue weighted by Crippen LogP contribution is 2.28. The fourth-order valence-corrected chi connectivity index (χ4v) is 5.93. The Morgan fingerprint density at radius 3 is 2.53 bits per heavy atom. The van der Waals surface area contributed by atoms with E-state index in [2.05, 4.69) is 4.98 Å². The average molecular weight is 482 g/mol. The predicted octanol–water partition coefficient (Wildman–Crippen LogP) is 4.31. The van der Waals surface area contributed by atoms with Gasteiger partial charge < -0.3 is 4.90 Å². The number of Topliss-reactive ketones (excluding diaryl/α,β-unsaturated/α-hetero) is 1. The van der Waals surface area contributed by atoms with Gasteiger partial charge in [-0.15, -0.1) is 0 Å². The summed E-state index contributed by atoms with van der Waals surface area (Å²) in [5.41, 5.74) is 3.02. The zero-order valence-corrected chi connectivity index (χ0v) is 20.1. The molecule has 1 aliphatic rings. The number of ketones is 1. The first kappa shape index (κ1) is 24.0. The molecule has 178 valence electrons. The largest absolute Gasteiger partial charge is 0.363 e. The zero-order valence-electron chi connectivity index (χ0n) is 19.3. The first-order valence-corrected chi connectivity index (χ1v) is 12.7. The molecule has 0 amide bonds. The third-order valence-corrected chi connectivity index (χ3v) is 8.04. The van der Waals surface area contributed by atoms with E-state index in [9.17, 15) is 17.6 Å². The lowest BCUT2D eigenvalue weighted by molar-refractivity contribution is -0.122. The lowest BCUT2D eigenvalue weighted by Crippen LogP contribution is -2.40. The van der Waals surface area contributed by atoms with Gasteiger partial charge in [-0.2, -0.15) is 4.31 Å². The second kappa shape index (κ2) is 10.0. The number of sulfonamides is 1. The number of nitrogens with zero attached hydrogens (tertiary/aromatic N) is 3. The molecule has 1 aliphatic heterocycles. The van der Waals surface area contributed by atoms with Crippen molar-refractivity contribution in [2.45, 2.75) is 36.6 Å². The van der Waals surface area contributed by atoms with Crippen LogP contribution >= 0.6 is 0 Å². The van der Waals surface area contributed by atoms with Crippen molar-refractivity contribution < 1.29 is 17.6 Å². The molecule has 6 nitrogen and oxygen atoms in total. The van der Waals surface area contributed by atoms with Crippen LogP contribution in [-0.2, 0) is 21.2 Å². The lowest BCUT2D eigenvalue weighted by atomic mass is 9.99. The van der Waals surface area contributed by atoms with Gasteiger partial charge in [-0.3, -0.25) is 4.79 Å². The molecule has 0 N–H and O–H groups in total. The first-order chi connectivity index (χ1) is 16.3. The molecular formula is C26H28FN3O3S. The second-order valence-corrected chi connectivity index (χ2v) is 10.6. The van der Waals surface area contributed by atoms with E-state index in [1.807, 2.05) is 61.6 Å². The van der Waals surface area contributed by atoms with Gasteiger partial charge in [-0.05, 0) is 66.8 Å². The lowest BCUT2D eigenvalue weighted by Gasteiger charge is -2.23. The van der Waals surface area contributed by atoms with E-state index < -0.39 is 21.9 Å². The standard InChI is InChI=1S/C26H28FN3O3S/c1-29(2)26-15-9-21(18-28-26)20-6-3-5-19(17-20)8-14-25(31)24-7-4-16-30(24)34(32,33)23-12-10-22(27)11-13-23/h3,5-6,9-13,15,17-18,24H,4,7-8,14,16H2,1-2H3/t24-/m0/s1. The molecule has 2 heterocycles. The summed E-state index contributed by atoms with van der Waals surface area (Å²) in [7, 11) is 0.0313. The first-order valence-electron chi connectivity index (χ1n) is 11.3. The Morgan fingerprint density at radius 1 is 1.09 bits per heavy atom. The van der Waals surface area contributed by atoms with Gasteiger partial charge in [0.25, 0.3) is 0 Å². The topological polar surface area (TPSA) is 70.6 Å². The molecular weight excluding hydrogens is 453 g/mol. The minimum Gasteiger partial charge on any atom is -0.363 e. The van der Waals surface area contributed by atoms with E-state index in [1.54, 1.807) is 0 Å². The molecule has 1 fully saturated rings. The fraction of sp³-hybridized carbons (Fsp3) is 0.308. The molecule has 8 heteroatoms. The minimum absolute atomic E-state index is 0.00944. The Labute approximate surface area is 200 Å². The van der Waals surface area contributed by atoms with E-state index >= 15 is 0 Å². The van der Waals surface area contributed by atoms with Crippen LogP contribution in [0.1, 0.15) is 24.8 Å². The molecule has 3 aromatic rings. The van der Waals surface area contributed by atoms with Gasteiger partial charge in [-0.1, -0.05) is 24.3 Å². The molecule has 0 spiro atoms. The summed E-state index contributed by atoms with van der Waals surface area (Å²) in [5.74, 6) is 0.285. The van der Waals surface area contributed by atoms with Crippen molar-refractivity contribution in [1.29, 1.82) is 0 Å². The number of hydrogen-bond acceptors (Lipinski definition) is 5. The number of aryl methyl sites for hydroxylation is 1. The molecule has 1 aromatic heterocycles. The fourth-order valence-electron chi connectivity index (χ4n) is 4.25. The SMILES string of the molecule is CN(C)c1ccc(-c2cccc(CCC(=O)[C@@H]3CCCN3S(=O)(=O)c3ccc(F)cc3)c2)cn1. The average Bonchev–Trinajstić information content (AvgIpc) is 3.34. The Balaban J connectivity index is 1.44. The third-order valence-electron chi connectivity index (χ3n) is 6.12. The maximum atomic E-state index is 13.2. The monoisotopic (exact) mass is 481 g/mol. The molecule has 0 bridgehead atoms. The number of rotatable bonds is 8.